The summed E-state index contributed by atoms with van der Waals surface area (Å²) >= 11 is 0. The van der Waals surface area contributed by atoms with Gasteiger partial charge in [-0.3, -0.25) is 4.79 Å². The second kappa shape index (κ2) is 16.6. The predicted molar refractivity (Wildman–Crippen MR) is 68.5 cm³/mol. The molecule has 1 aromatic rings. The Bertz CT molecular complexity index is 292. The number of amides is 1. The smallest absolute Gasteiger partial charge is 0.320 e. The van der Waals surface area contributed by atoms with Crippen molar-refractivity contribution in [3.05, 3.63) is 35.9 Å². The second-order valence-corrected chi connectivity index (χ2v) is 2.69. The van der Waals surface area contributed by atoms with Crippen LogP contribution in [0.4, 0.5) is 0 Å². The Hall–Kier alpha value is -2.84. The third-order valence-corrected chi connectivity index (χ3v) is 1.56. The maximum atomic E-state index is 9.52. The molecule has 0 unspecified atom stereocenters. The number of aryl methyl sites for hydroxylation is 1. The molecule has 1 aromatic carbocycles. The van der Waals surface area contributed by atoms with Crippen molar-refractivity contribution in [2.75, 3.05) is 6.54 Å². The van der Waals surface area contributed by atoms with Crippen molar-refractivity contribution in [3.8, 4) is 0 Å². The van der Waals surface area contributed by atoms with Gasteiger partial charge in [-0.1, -0.05) is 51.1 Å². The number of carboxylic acid groups (broad SMARTS) is 1. The van der Waals surface area contributed by atoms with Crippen LogP contribution in [0.25, 0.3) is 0 Å². The van der Waals surface area contributed by atoms with Crippen molar-refractivity contribution in [3.63, 3.8) is 0 Å². The number of hydrogen-bond donors (Lipinski definition) is 2. The first-order valence-electron chi connectivity index (χ1n) is 5.56. The summed E-state index contributed by atoms with van der Waals surface area (Å²) in [6.07, 6.45) is 2.36. The van der Waals surface area contributed by atoms with E-state index in [1.165, 1.54) is 12.0 Å². The summed E-state index contributed by atoms with van der Waals surface area (Å²) < 4.78 is 0. The molecular weight excluding hydrogens is 475 g/mol. The molecule has 0 saturated heterocycles. The normalized spacial score (nSPS) is 7.28. The molecular formula is C13H20FmNO3-. The van der Waals surface area contributed by atoms with Crippen LogP contribution in [-0.2, 0) is 16.0 Å². The van der Waals surface area contributed by atoms with E-state index in [9.17, 15) is 9.59 Å². The van der Waals surface area contributed by atoms with E-state index in [-0.39, 0.29) is 6.54 Å². The van der Waals surface area contributed by atoms with Gasteiger partial charge in [0.15, 0.2) is 0 Å². The molecule has 0 heterocycles. The summed E-state index contributed by atoms with van der Waals surface area (Å²) in [6, 6.07) is 10.5. The van der Waals surface area contributed by atoms with Gasteiger partial charge in [0.1, 0.15) is 0 Å². The van der Waals surface area contributed by atoms with E-state index in [1.54, 1.807) is 0 Å². The van der Waals surface area contributed by atoms with Crippen molar-refractivity contribution in [2.24, 2.45) is 0 Å². The fourth-order valence-electron chi connectivity index (χ4n) is 0.825. The molecule has 0 fully saturated rings. The number of rotatable bonds is 4. The first-order valence-corrected chi connectivity index (χ1v) is 5.56. The van der Waals surface area contributed by atoms with Gasteiger partial charge in [0, 0.05) is 0 Å². The SMILES string of the molecule is CC.CCc1ccccc1.O=[C-]NCC(=O)O.[Fm]. The molecule has 0 atom stereocenters. The van der Waals surface area contributed by atoms with Crippen LogP contribution in [0.5, 0.6) is 0 Å². The van der Waals surface area contributed by atoms with Crippen molar-refractivity contribution in [1.29, 1.82) is 0 Å². The maximum absolute atomic E-state index is 9.52. The summed E-state index contributed by atoms with van der Waals surface area (Å²) in [7, 11) is 0. The van der Waals surface area contributed by atoms with Gasteiger partial charge in [-0.05, 0) is 12.0 Å². The monoisotopic (exact) mass is 495 g/mol. The average molecular weight is 495 g/mol. The summed E-state index contributed by atoms with van der Waals surface area (Å²) in [4.78, 5) is 18.7. The zero-order valence-electron chi connectivity index (χ0n) is 10.9. The summed E-state index contributed by atoms with van der Waals surface area (Å²) in [5, 5.41) is 9.65. The van der Waals surface area contributed by atoms with Crippen LogP contribution in [0.2, 0.25) is 0 Å². The van der Waals surface area contributed by atoms with Gasteiger partial charge >= 0.3 is 5.97 Å². The van der Waals surface area contributed by atoms with Crippen LogP contribution < -0.4 is 5.32 Å². The Kier molecular flexibility index (Phi) is 18.9. The third kappa shape index (κ3) is 15.6. The third-order valence-electron chi connectivity index (χ3n) is 1.56. The van der Waals surface area contributed by atoms with Crippen LogP contribution in [0.15, 0.2) is 30.3 Å². The van der Waals surface area contributed by atoms with Crippen molar-refractivity contribution in [1.82, 2.24) is 5.32 Å². The minimum absolute atomic E-state index is 0. The van der Waals surface area contributed by atoms with Crippen LogP contribution in [0.3, 0.4) is 0 Å². The van der Waals surface area contributed by atoms with Gasteiger partial charge in [0.25, 0.3) is 0 Å². The standard InChI is InChI=1S/C8H10.C3H4NO3.C2H6.Fm/c1-2-8-6-4-3-5-7-8;5-2-4-1-3(6)7;1-2;/h3-7H,2H2,1H3;1H2,(H,4,5)(H,6,7);1-2H3;/q;-1;;. The number of carbonyl (C=O) groups excluding carboxylic acids is 1. The number of benzene rings is 1. The molecule has 0 aliphatic heterocycles. The molecule has 0 saturated carbocycles. The van der Waals surface area contributed by atoms with Crippen LogP contribution in [-0.4, -0.2) is 24.0 Å². The number of carboxylic acids is 1. The number of aliphatic carboxylic acids is 1. The summed E-state index contributed by atoms with van der Waals surface area (Å²) in [6.45, 7) is 5.80. The first kappa shape index (κ1) is 20.6. The topological polar surface area (TPSA) is 66.4 Å². The quantitative estimate of drug-likeness (QED) is 0.497. The van der Waals surface area contributed by atoms with Crippen molar-refractivity contribution >= 4 is 12.4 Å². The Morgan fingerprint density at radius 2 is 1.78 bits per heavy atom. The molecule has 0 radical (unpaired) electrons. The molecule has 108 valence electrons. The molecule has 18 heavy (non-hydrogen) atoms. The molecule has 0 aliphatic rings. The molecule has 0 aromatic heterocycles. The van der Waals surface area contributed by atoms with Gasteiger partial charge in [-0.2, -0.15) is 6.41 Å². The fraction of sp³-hybridized carbons (Fsp3) is 0.385. The number of hydrogen-bond acceptors (Lipinski definition) is 2. The average Bonchev–Trinajstić information content (AvgIpc) is 2.40. The van der Waals surface area contributed by atoms with E-state index in [2.05, 4.69) is 31.2 Å². The van der Waals surface area contributed by atoms with E-state index >= 15 is 0 Å². The van der Waals surface area contributed by atoms with Gasteiger partial charge in [0.2, 0.25) is 0 Å². The van der Waals surface area contributed by atoms with Crippen LogP contribution in [0.1, 0.15) is 26.3 Å². The maximum Gasteiger partial charge on any atom is 0.320 e. The zero-order valence-corrected chi connectivity index (χ0v) is 13.3. The van der Waals surface area contributed by atoms with Gasteiger partial charge in [-0.15, -0.1) is 0 Å². The molecule has 5 heteroatoms. The van der Waals surface area contributed by atoms with E-state index in [1.807, 2.05) is 25.2 Å². The van der Waals surface area contributed by atoms with E-state index < -0.39 is 5.97 Å². The molecule has 0 aliphatic carbocycles. The fourth-order valence-corrected chi connectivity index (χ4v) is 0.825. The summed E-state index contributed by atoms with van der Waals surface area (Å²) in [5.41, 5.74) is 1.41. The Morgan fingerprint density at radius 3 is 2.00 bits per heavy atom. The first-order chi connectivity index (χ1) is 8.20. The van der Waals surface area contributed by atoms with E-state index in [0.717, 1.165) is 6.42 Å². The Labute approximate surface area is 103 Å². The van der Waals surface area contributed by atoms with Gasteiger partial charge < -0.3 is 15.2 Å². The van der Waals surface area contributed by atoms with E-state index in [0.29, 0.717) is 0 Å². The minimum Gasteiger partial charge on any atom is -0.521 e. The van der Waals surface area contributed by atoms with Crippen LogP contribution >= 0.6 is 0 Å². The summed E-state index contributed by atoms with van der Waals surface area (Å²) in [5.74, 6) is -1.07. The Morgan fingerprint density at radius 1 is 1.28 bits per heavy atom. The van der Waals surface area contributed by atoms with Gasteiger partial charge in [0.05, 0.1) is 6.54 Å². The minimum atomic E-state index is -1.07. The van der Waals surface area contributed by atoms with Crippen LogP contribution in [0, 0.1) is 0 Å². The number of nitrogens with one attached hydrogen (secondary N) is 1. The molecule has 4 nitrogen and oxygen atoms in total. The molecule has 1 amide bonds. The van der Waals surface area contributed by atoms with Gasteiger partial charge in [-0.25, -0.2) is 0 Å². The Balaban J connectivity index is -0.000000211. The second-order valence-electron chi connectivity index (χ2n) is 2.69. The molecule has 2 N–H and O–H groups in total. The molecule has 0 bridgehead atoms. The van der Waals surface area contributed by atoms with Crippen molar-refractivity contribution < 1.29 is 14.7 Å². The largest absolute Gasteiger partial charge is 0.521 e. The predicted octanol–water partition coefficient (Wildman–Crippen LogP) is 2.00. The molecule has 0 spiro atoms. The molecule has 1 rings (SSSR count). The number of carbonyl (C=O) groups is 1. The van der Waals surface area contributed by atoms with E-state index in [4.69, 9.17) is 5.11 Å². The zero-order chi connectivity index (χ0) is 13.5. The van der Waals surface area contributed by atoms with Crippen molar-refractivity contribution in [2.45, 2.75) is 27.2 Å².